The fraction of sp³-hybridized carbons (Fsp3) is 0.176. The smallest absolute Gasteiger partial charge is 0.227 e. The van der Waals surface area contributed by atoms with Crippen LogP contribution in [0.4, 0.5) is 0 Å². The molecule has 0 bridgehead atoms. The van der Waals surface area contributed by atoms with Crippen LogP contribution in [-0.2, 0) is 6.42 Å². The third-order valence-electron chi connectivity index (χ3n) is 3.93. The van der Waals surface area contributed by atoms with Crippen LogP contribution in [0.5, 0.6) is 0 Å². The molecule has 4 nitrogen and oxygen atoms in total. The molecule has 104 valence electrons. The topological polar surface area (TPSA) is 51.0 Å². The molecule has 4 heteroatoms. The van der Waals surface area contributed by atoms with Crippen molar-refractivity contribution in [3.05, 3.63) is 71.9 Å². The molecule has 0 saturated heterocycles. The molecule has 3 aromatic rings. The maximum absolute atomic E-state index is 5.04. The predicted octanol–water partition coefficient (Wildman–Crippen LogP) is 2.97. The van der Waals surface area contributed by atoms with E-state index in [0.29, 0.717) is 5.89 Å². The number of fused-ring (bicyclic) bond motifs is 3. The van der Waals surface area contributed by atoms with Crippen molar-refractivity contribution in [3.8, 4) is 11.1 Å². The van der Waals surface area contributed by atoms with Crippen molar-refractivity contribution < 1.29 is 4.52 Å². The van der Waals surface area contributed by atoms with Gasteiger partial charge in [0.15, 0.2) is 6.33 Å². The van der Waals surface area contributed by atoms with Crippen molar-refractivity contribution in [2.75, 3.05) is 6.54 Å². The summed E-state index contributed by atoms with van der Waals surface area (Å²) in [6.45, 7) is 0.801. The van der Waals surface area contributed by atoms with E-state index < -0.39 is 0 Å². The molecule has 1 aliphatic rings. The number of rotatable bonds is 4. The molecule has 0 fully saturated rings. The molecule has 1 aliphatic carbocycles. The average molecular weight is 277 g/mol. The molecular formula is C17H15N3O. The second kappa shape index (κ2) is 5.14. The lowest BCUT2D eigenvalue weighted by Crippen LogP contribution is -2.23. The van der Waals surface area contributed by atoms with Gasteiger partial charge in [-0.05, 0) is 22.3 Å². The highest BCUT2D eigenvalue weighted by atomic mass is 16.5. The SMILES string of the molecule is c1ccc2c(c1)-c1ccccc1C2NCCc1ncno1. The number of nitrogens with one attached hydrogen (secondary N) is 1. The molecule has 0 amide bonds. The van der Waals surface area contributed by atoms with E-state index in [0.717, 1.165) is 13.0 Å². The molecule has 0 spiro atoms. The zero-order chi connectivity index (χ0) is 14.1. The van der Waals surface area contributed by atoms with Crippen LogP contribution in [0.15, 0.2) is 59.4 Å². The summed E-state index contributed by atoms with van der Waals surface area (Å²) >= 11 is 0. The second-order valence-corrected chi connectivity index (χ2v) is 5.15. The predicted molar refractivity (Wildman–Crippen MR) is 79.7 cm³/mol. The summed E-state index contributed by atoms with van der Waals surface area (Å²) in [7, 11) is 0. The first kappa shape index (κ1) is 12.3. The molecule has 1 N–H and O–H groups in total. The van der Waals surface area contributed by atoms with E-state index in [4.69, 9.17) is 4.52 Å². The van der Waals surface area contributed by atoms with Crippen LogP contribution in [0, 0.1) is 0 Å². The number of benzene rings is 2. The summed E-state index contributed by atoms with van der Waals surface area (Å²) < 4.78 is 5.04. The fourth-order valence-electron chi connectivity index (χ4n) is 3.01. The molecule has 0 atom stereocenters. The minimum Gasteiger partial charge on any atom is -0.340 e. The molecule has 2 aromatic carbocycles. The lowest BCUT2D eigenvalue weighted by molar-refractivity contribution is 0.373. The van der Waals surface area contributed by atoms with E-state index in [1.54, 1.807) is 0 Å². The molecule has 4 rings (SSSR count). The number of hydrogen-bond donors (Lipinski definition) is 1. The van der Waals surface area contributed by atoms with Crippen molar-refractivity contribution in [1.29, 1.82) is 0 Å². The van der Waals surface area contributed by atoms with Gasteiger partial charge in [-0.1, -0.05) is 53.7 Å². The van der Waals surface area contributed by atoms with Gasteiger partial charge in [0, 0.05) is 13.0 Å². The molecule has 0 saturated carbocycles. The minimum atomic E-state index is 0.236. The first-order chi connectivity index (χ1) is 10.4. The first-order valence-corrected chi connectivity index (χ1v) is 7.10. The van der Waals surface area contributed by atoms with Gasteiger partial charge < -0.3 is 9.84 Å². The number of nitrogens with zero attached hydrogens (tertiary/aromatic N) is 2. The van der Waals surface area contributed by atoms with Gasteiger partial charge >= 0.3 is 0 Å². The highest BCUT2D eigenvalue weighted by Gasteiger charge is 2.27. The molecule has 0 aliphatic heterocycles. The van der Waals surface area contributed by atoms with Crippen LogP contribution in [0.3, 0.4) is 0 Å². The van der Waals surface area contributed by atoms with Crippen LogP contribution in [0.25, 0.3) is 11.1 Å². The molecule has 0 unspecified atom stereocenters. The summed E-state index contributed by atoms with van der Waals surface area (Å²) in [5.41, 5.74) is 5.32. The van der Waals surface area contributed by atoms with E-state index in [1.807, 2.05) is 0 Å². The highest BCUT2D eigenvalue weighted by Crippen LogP contribution is 2.42. The molecule has 21 heavy (non-hydrogen) atoms. The second-order valence-electron chi connectivity index (χ2n) is 5.15. The highest BCUT2D eigenvalue weighted by molar-refractivity contribution is 5.78. The largest absolute Gasteiger partial charge is 0.340 e. The Bertz CT molecular complexity index is 707. The van der Waals surface area contributed by atoms with Crippen molar-refractivity contribution in [3.63, 3.8) is 0 Å². The minimum absolute atomic E-state index is 0.236. The molecular weight excluding hydrogens is 262 g/mol. The van der Waals surface area contributed by atoms with Crippen LogP contribution >= 0.6 is 0 Å². The van der Waals surface area contributed by atoms with E-state index >= 15 is 0 Å². The Kier molecular flexibility index (Phi) is 3.01. The number of hydrogen-bond acceptors (Lipinski definition) is 4. The van der Waals surface area contributed by atoms with Gasteiger partial charge in [-0.2, -0.15) is 4.98 Å². The van der Waals surface area contributed by atoms with Crippen molar-refractivity contribution in [2.24, 2.45) is 0 Å². The van der Waals surface area contributed by atoms with Crippen LogP contribution in [-0.4, -0.2) is 16.7 Å². The van der Waals surface area contributed by atoms with Crippen LogP contribution in [0.1, 0.15) is 23.1 Å². The van der Waals surface area contributed by atoms with Crippen molar-refractivity contribution in [1.82, 2.24) is 15.5 Å². The normalized spacial score (nSPS) is 13.1. The Hall–Kier alpha value is -2.46. The third-order valence-corrected chi connectivity index (χ3v) is 3.93. The maximum Gasteiger partial charge on any atom is 0.227 e. The zero-order valence-electron chi connectivity index (χ0n) is 11.5. The van der Waals surface area contributed by atoms with E-state index in [1.165, 1.54) is 28.6 Å². The van der Waals surface area contributed by atoms with E-state index in [-0.39, 0.29) is 6.04 Å². The Morgan fingerprint density at radius 2 is 1.62 bits per heavy atom. The molecule has 1 aromatic heterocycles. The van der Waals surface area contributed by atoms with Crippen molar-refractivity contribution >= 4 is 0 Å². The quantitative estimate of drug-likeness (QED) is 0.796. The number of aromatic nitrogens is 2. The summed E-state index contributed by atoms with van der Waals surface area (Å²) in [6, 6.07) is 17.4. The van der Waals surface area contributed by atoms with E-state index in [2.05, 4.69) is 64.0 Å². The van der Waals surface area contributed by atoms with Gasteiger partial charge in [-0.3, -0.25) is 0 Å². The van der Waals surface area contributed by atoms with E-state index in [9.17, 15) is 0 Å². The average Bonchev–Trinajstić information content (AvgIpc) is 3.15. The Morgan fingerprint density at radius 1 is 0.952 bits per heavy atom. The monoisotopic (exact) mass is 277 g/mol. The Labute approximate surface area is 122 Å². The summed E-state index contributed by atoms with van der Waals surface area (Å²) in [6.07, 6.45) is 2.18. The Morgan fingerprint density at radius 3 is 2.24 bits per heavy atom. The lowest BCUT2D eigenvalue weighted by atomic mass is 10.1. The molecule has 1 heterocycles. The molecule has 0 radical (unpaired) electrons. The summed E-state index contributed by atoms with van der Waals surface area (Å²) in [5.74, 6) is 0.669. The first-order valence-electron chi connectivity index (χ1n) is 7.10. The maximum atomic E-state index is 5.04. The van der Waals surface area contributed by atoms with Gasteiger partial charge in [0.05, 0.1) is 6.04 Å². The lowest BCUT2D eigenvalue weighted by Gasteiger charge is -2.15. The summed E-state index contributed by atoms with van der Waals surface area (Å²) in [4.78, 5) is 4.05. The Balaban J connectivity index is 1.59. The standard InChI is InChI=1S/C17H15N3O/c1-3-7-14-12(5-1)13-6-2-4-8-15(13)17(14)18-10-9-16-19-11-20-21-16/h1-8,11,17-18H,9-10H2. The zero-order valence-corrected chi connectivity index (χ0v) is 11.5. The van der Waals surface area contributed by atoms with Gasteiger partial charge in [-0.15, -0.1) is 0 Å². The van der Waals surface area contributed by atoms with Gasteiger partial charge in [-0.25, -0.2) is 0 Å². The van der Waals surface area contributed by atoms with Gasteiger partial charge in [0.25, 0.3) is 0 Å². The third kappa shape index (κ3) is 2.14. The van der Waals surface area contributed by atoms with Crippen molar-refractivity contribution in [2.45, 2.75) is 12.5 Å². The van der Waals surface area contributed by atoms with Gasteiger partial charge in [0.1, 0.15) is 0 Å². The summed E-state index contributed by atoms with van der Waals surface area (Å²) in [5, 5.41) is 7.24. The fourth-order valence-corrected chi connectivity index (χ4v) is 3.01. The van der Waals surface area contributed by atoms with Crippen LogP contribution in [0.2, 0.25) is 0 Å². The van der Waals surface area contributed by atoms with Crippen LogP contribution < -0.4 is 5.32 Å². The van der Waals surface area contributed by atoms with Gasteiger partial charge in [0.2, 0.25) is 5.89 Å².